The van der Waals surface area contributed by atoms with E-state index in [4.69, 9.17) is 9.47 Å². The Kier molecular flexibility index (Phi) is 7.66. The molecule has 172 valence electrons. The lowest BCUT2D eigenvalue weighted by Crippen LogP contribution is -2.44. The number of fused-ring (bicyclic) bond motifs is 1. The highest BCUT2D eigenvalue weighted by Gasteiger charge is 2.25. The smallest absolute Gasteiger partial charge is 0.220 e. The summed E-state index contributed by atoms with van der Waals surface area (Å²) in [7, 11) is 3.83. The summed E-state index contributed by atoms with van der Waals surface area (Å²) in [5.74, 6) is 0.930. The van der Waals surface area contributed by atoms with Gasteiger partial charge in [0.25, 0.3) is 0 Å². The van der Waals surface area contributed by atoms with Crippen molar-refractivity contribution in [3.63, 3.8) is 0 Å². The number of hydrogen-bond donors (Lipinski definition) is 1. The van der Waals surface area contributed by atoms with Crippen LogP contribution in [0.4, 0.5) is 5.69 Å². The molecule has 1 fully saturated rings. The lowest BCUT2D eigenvalue weighted by Gasteiger charge is -2.36. The number of methoxy groups -OCH3 is 1. The maximum atomic E-state index is 12.6. The largest absolute Gasteiger partial charge is 0.497 e. The second-order valence-corrected chi connectivity index (χ2v) is 8.73. The molecule has 2 aromatic carbocycles. The Bertz CT molecular complexity index is 894. The van der Waals surface area contributed by atoms with Gasteiger partial charge in [-0.1, -0.05) is 24.3 Å². The van der Waals surface area contributed by atoms with Gasteiger partial charge in [-0.05, 0) is 54.2 Å². The minimum atomic E-state index is 0.0942. The van der Waals surface area contributed by atoms with Gasteiger partial charge < -0.3 is 19.7 Å². The average Bonchev–Trinajstić information content (AvgIpc) is 2.84. The highest BCUT2D eigenvalue weighted by molar-refractivity contribution is 5.76. The predicted octanol–water partition coefficient (Wildman–Crippen LogP) is 3.20. The number of anilines is 1. The molecule has 0 unspecified atom stereocenters. The first-order valence-corrected chi connectivity index (χ1v) is 11.7. The zero-order valence-corrected chi connectivity index (χ0v) is 19.3. The number of rotatable bonds is 8. The van der Waals surface area contributed by atoms with Crippen LogP contribution in [0.25, 0.3) is 0 Å². The Balaban J connectivity index is 1.40. The number of hydrogen-bond acceptors (Lipinski definition) is 5. The number of nitrogens with one attached hydrogen (secondary N) is 1. The van der Waals surface area contributed by atoms with E-state index in [2.05, 4.69) is 40.4 Å². The van der Waals surface area contributed by atoms with Crippen LogP contribution in [0.15, 0.2) is 42.5 Å². The summed E-state index contributed by atoms with van der Waals surface area (Å²) in [6.45, 7) is 5.01. The van der Waals surface area contributed by atoms with Crippen molar-refractivity contribution in [1.29, 1.82) is 0 Å². The van der Waals surface area contributed by atoms with Crippen molar-refractivity contribution in [2.45, 2.75) is 31.7 Å². The maximum Gasteiger partial charge on any atom is 0.220 e. The molecule has 0 aromatic heterocycles. The average molecular weight is 438 g/mol. The summed E-state index contributed by atoms with van der Waals surface area (Å²) >= 11 is 0. The van der Waals surface area contributed by atoms with Crippen molar-refractivity contribution in [3.8, 4) is 5.75 Å². The van der Waals surface area contributed by atoms with E-state index in [9.17, 15) is 4.79 Å². The number of amides is 1. The lowest BCUT2D eigenvalue weighted by atomic mass is 9.95. The fourth-order valence-corrected chi connectivity index (χ4v) is 4.71. The van der Waals surface area contributed by atoms with E-state index in [-0.39, 0.29) is 11.9 Å². The molecular weight excluding hydrogens is 402 g/mol. The van der Waals surface area contributed by atoms with E-state index in [1.165, 1.54) is 23.2 Å². The zero-order valence-electron chi connectivity index (χ0n) is 19.3. The number of carbonyl (C=O) groups excluding carboxylic acids is 1. The molecule has 0 bridgehead atoms. The van der Waals surface area contributed by atoms with Crippen LogP contribution < -0.4 is 15.0 Å². The van der Waals surface area contributed by atoms with Gasteiger partial charge in [0.15, 0.2) is 0 Å². The van der Waals surface area contributed by atoms with Gasteiger partial charge in [0.1, 0.15) is 5.75 Å². The number of morpholine rings is 1. The molecule has 2 aromatic rings. The van der Waals surface area contributed by atoms with Gasteiger partial charge in [-0.25, -0.2) is 0 Å². The monoisotopic (exact) mass is 437 g/mol. The first kappa shape index (κ1) is 22.6. The molecule has 0 saturated carbocycles. The lowest BCUT2D eigenvalue weighted by molar-refractivity contribution is -0.121. The molecule has 6 nitrogen and oxygen atoms in total. The fourth-order valence-electron chi connectivity index (χ4n) is 4.71. The van der Waals surface area contributed by atoms with Gasteiger partial charge in [-0.3, -0.25) is 9.69 Å². The molecule has 2 aliphatic rings. The molecular formula is C26H35N3O3. The van der Waals surface area contributed by atoms with E-state index >= 15 is 0 Å². The predicted molar refractivity (Wildman–Crippen MR) is 127 cm³/mol. The number of ether oxygens (including phenoxy) is 2. The molecule has 32 heavy (non-hydrogen) atoms. The van der Waals surface area contributed by atoms with Crippen LogP contribution >= 0.6 is 0 Å². The van der Waals surface area contributed by atoms with Crippen molar-refractivity contribution in [2.75, 3.05) is 58.5 Å². The molecule has 1 atom stereocenters. The van der Waals surface area contributed by atoms with Crippen molar-refractivity contribution in [1.82, 2.24) is 10.2 Å². The van der Waals surface area contributed by atoms with Crippen molar-refractivity contribution in [2.24, 2.45) is 0 Å². The van der Waals surface area contributed by atoms with E-state index in [1.807, 2.05) is 24.3 Å². The Morgan fingerprint density at radius 3 is 2.66 bits per heavy atom. The van der Waals surface area contributed by atoms with E-state index in [0.29, 0.717) is 13.0 Å². The molecule has 1 saturated heterocycles. The summed E-state index contributed by atoms with van der Waals surface area (Å²) in [5.41, 5.74) is 5.19. The summed E-state index contributed by atoms with van der Waals surface area (Å²) in [4.78, 5) is 17.4. The zero-order chi connectivity index (χ0) is 22.3. The van der Waals surface area contributed by atoms with E-state index in [0.717, 1.165) is 57.0 Å². The van der Waals surface area contributed by atoms with Crippen molar-refractivity contribution in [3.05, 3.63) is 59.2 Å². The number of benzene rings is 2. The van der Waals surface area contributed by atoms with Crippen LogP contribution in [0, 0.1) is 0 Å². The summed E-state index contributed by atoms with van der Waals surface area (Å²) < 4.78 is 10.8. The topological polar surface area (TPSA) is 54.0 Å². The van der Waals surface area contributed by atoms with Crippen LogP contribution in [-0.4, -0.2) is 64.4 Å². The molecule has 1 N–H and O–H groups in total. The number of aryl methyl sites for hydroxylation is 2. The van der Waals surface area contributed by atoms with Crippen molar-refractivity contribution >= 4 is 11.6 Å². The van der Waals surface area contributed by atoms with Crippen LogP contribution in [0.1, 0.15) is 35.6 Å². The molecule has 0 aliphatic carbocycles. The SMILES string of the molecule is COc1ccc(CCC(=O)NC[C@H](c2ccc3c(c2)CCCN3C)N2CCOCC2)cc1. The van der Waals surface area contributed by atoms with E-state index in [1.54, 1.807) is 7.11 Å². The molecule has 4 rings (SSSR count). The standard InChI is InChI=1S/C26H35N3O3/c1-28-13-3-4-21-18-22(8-11-24(21)28)25(29-14-16-32-17-15-29)19-27-26(30)12-7-20-5-9-23(31-2)10-6-20/h5-6,8-11,18,25H,3-4,7,12-17,19H2,1-2H3,(H,27,30)/t25-/m1/s1. The number of nitrogens with zero attached hydrogens (tertiary/aromatic N) is 2. The van der Waals surface area contributed by atoms with Gasteiger partial charge in [0, 0.05) is 45.3 Å². The minimum absolute atomic E-state index is 0.0942. The Morgan fingerprint density at radius 1 is 1.12 bits per heavy atom. The second-order valence-electron chi connectivity index (χ2n) is 8.73. The molecule has 6 heteroatoms. The summed E-state index contributed by atoms with van der Waals surface area (Å²) in [5, 5.41) is 3.20. The third-order valence-corrected chi connectivity index (χ3v) is 6.62. The van der Waals surface area contributed by atoms with Crippen LogP contribution in [-0.2, 0) is 22.4 Å². The molecule has 2 heterocycles. The summed E-state index contributed by atoms with van der Waals surface area (Å²) in [6, 6.07) is 14.9. The fraction of sp³-hybridized carbons (Fsp3) is 0.500. The first-order valence-electron chi connectivity index (χ1n) is 11.7. The minimum Gasteiger partial charge on any atom is -0.497 e. The summed E-state index contributed by atoms with van der Waals surface area (Å²) in [6.07, 6.45) is 3.52. The second kappa shape index (κ2) is 10.8. The quantitative estimate of drug-likeness (QED) is 0.687. The molecule has 0 spiro atoms. The Labute approximate surface area is 191 Å². The van der Waals surface area contributed by atoms with E-state index < -0.39 is 0 Å². The van der Waals surface area contributed by atoms with Gasteiger partial charge in [0.2, 0.25) is 5.91 Å². The number of carbonyl (C=O) groups is 1. The van der Waals surface area contributed by atoms with Gasteiger partial charge >= 0.3 is 0 Å². The Hall–Kier alpha value is -2.57. The highest BCUT2D eigenvalue weighted by Crippen LogP contribution is 2.31. The van der Waals surface area contributed by atoms with Gasteiger partial charge in [-0.2, -0.15) is 0 Å². The molecule has 1 amide bonds. The van der Waals surface area contributed by atoms with Crippen molar-refractivity contribution < 1.29 is 14.3 Å². The van der Waals surface area contributed by atoms with Gasteiger partial charge in [0.05, 0.1) is 26.4 Å². The first-order chi connectivity index (χ1) is 15.6. The molecule has 2 aliphatic heterocycles. The highest BCUT2D eigenvalue weighted by atomic mass is 16.5. The maximum absolute atomic E-state index is 12.6. The molecule has 0 radical (unpaired) electrons. The Morgan fingerprint density at radius 2 is 1.91 bits per heavy atom. The third kappa shape index (κ3) is 5.61. The third-order valence-electron chi connectivity index (χ3n) is 6.62. The van der Waals surface area contributed by atoms with Gasteiger partial charge in [-0.15, -0.1) is 0 Å². The van der Waals surface area contributed by atoms with Crippen LogP contribution in [0.2, 0.25) is 0 Å². The van der Waals surface area contributed by atoms with Crippen LogP contribution in [0.3, 0.4) is 0 Å². The normalized spacial score (nSPS) is 17.5. The van der Waals surface area contributed by atoms with Crippen LogP contribution in [0.5, 0.6) is 5.75 Å².